The Hall–Kier alpha value is -2.36. The number of imidazole rings is 1. The molecule has 0 atom stereocenters. The van der Waals surface area contributed by atoms with Crippen molar-refractivity contribution in [3.8, 4) is 5.69 Å². The molecule has 0 saturated carbocycles. The highest BCUT2D eigenvalue weighted by molar-refractivity contribution is 5.76. The number of hydrogen-bond donors (Lipinski definition) is 1. The summed E-state index contributed by atoms with van der Waals surface area (Å²) in [4.78, 5) is 8.72. The van der Waals surface area contributed by atoms with Gasteiger partial charge in [-0.2, -0.15) is 0 Å². The van der Waals surface area contributed by atoms with Crippen LogP contribution in [-0.2, 0) is 0 Å². The molecule has 0 aliphatic heterocycles. The Morgan fingerprint density at radius 2 is 2.00 bits per heavy atom. The molecule has 2 heterocycles. The van der Waals surface area contributed by atoms with Gasteiger partial charge in [-0.15, -0.1) is 0 Å². The van der Waals surface area contributed by atoms with Crippen LogP contribution in [0.1, 0.15) is 25.3 Å². The van der Waals surface area contributed by atoms with Gasteiger partial charge in [0.2, 0.25) is 5.95 Å². The quantitative estimate of drug-likeness (QED) is 0.762. The molecule has 19 heavy (non-hydrogen) atoms. The standard InChI is InChI=1S/C15H16N4/c1-10(2)11-5-3-6-12(9-11)19-14-13(18-15(19)16)7-4-8-17-14/h3-10H,1-2H3,(H2,16,18). The third-order valence-corrected chi connectivity index (χ3v) is 3.24. The Labute approximate surface area is 111 Å². The second kappa shape index (κ2) is 4.39. The Morgan fingerprint density at radius 1 is 1.16 bits per heavy atom. The lowest BCUT2D eigenvalue weighted by Crippen LogP contribution is -2.02. The average molecular weight is 252 g/mol. The zero-order chi connectivity index (χ0) is 13.4. The number of fused-ring (bicyclic) bond motifs is 1. The maximum atomic E-state index is 6.02. The van der Waals surface area contributed by atoms with Crippen LogP contribution >= 0.6 is 0 Å². The predicted octanol–water partition coefficient (Wildman–Crippen LogP) is 3.13. The highest BCUT2D eigenvalue weighted by Crippen LogP contribution is 2.24. The van der Waals surface area contributed by atoms with Crippen LogP contribution in [0.25, 0.3) is 16.9 Å². The molecule has 0 unspecified atom stereocenters. The summed E-state index contributed by atoms with van der Waals surface area (Å²) in [6.07, 6.45) is 1.76. The fourth-order valence-corrected chi connectivity index (χ4v) is 2.21. The summed E-state index contributed by atoms with van der Waals surface area (Å²) in [5.41, 5.74) is 9.91. The van der Waals surface area contributed by atoms with Gasteiger partial charge in [0.1, 0.15) is 5.52 Å². The minimum Gasteiger partial charge on any atom is -0.369 e. The molecule has 0 amide bonds. The largest absolute Gasteiger partial charge is 0.369 e. The van der Waals surface area contributed by atoms with Crippen molar-refractivity contribution >= 4 is 17.1 Å². The lowest BCUT2D eigenvalue weighted by Gasteiger charge is -2.10. The molecule has 2 N–H and O–H groups in total. The lowest BCUT2D eigenvalue weighted by atomic mass is 10.0. The van der Waals surface area contributed by atoms with E-state index in [2.05, 4.69) is 35.9 Å². The fourth-order valence-electron chi connectivity index (χ4n) is 2.21. The number of nitrogens with zero attached hydrogens (tertiary/aromatic N) is 3. The summed E-state index contributed by atoms with van der Waals surface area (Å²) in [5, 5.41) is 0. The van der Waals surface area contributed by atoms with Crippen molar-refractivity contribution in [3.05, 3.63) is 48.2 Å². The van der Waals surface area contributed by atoms with Crippen molar-refractivity contribution in [2.24, 2.45) is 0 Å². The zero-order valence-electron chi connectivity index (χ0n) is 11.0. The average Bonchev–Trinajstić information content (AvgIpc) is 2.74. The number of nitrogens with two attached hydrogens (primary N) is 1. The summed E-state index contributed by atoms with van der Waals surface area (Å²) in [5.74, 6) is 0.943. The molecule has 0 radical (unpaired) electrons. The van der Waals surface area contributed by atoms with Gasteiger partial charge in [-0.05, 0) is 35.7 Å². The molecule has 96 valence electrons. The smallest absolute Gasteiger partial charge is 0.207 e. The van der Waals surface area contributed by atoms with Gasteiger partial charge in [-0.25, -0.2) is 9.97 Å². The number of anilines is 1. The second-order valence-electron chi connectivity index (χ2n) is 4.90. The molecule has 0 bridgehead atoms. The minimum atomic E-state index is 0.467. The second-order valence-corrected chi connectivity index (χ2v) is 4.90. The van der Waals surface area contributed by atoms with Crippen LogP contribution in [0.5, 0.6) is 0 Å². The van der Waals surface area contributed by atoms with Gasteiger partial charge in [-0.1, -0.05) is 26.0 Å². The van der Waals surface area contributed by atoms with E-state index in [1.807, 2.05) is 28.8 Å². The SMILES string of the molecule is CC(C)c1cccc(-n2c(N)nc3cccnc32)c1. The molecule has 4 nitrogen and oxygen atoms in total. The number of aromatic nitrogens is 3. The molecule has 0 spiro atoms. The minimum absolute atomic E-state index is 0.467. The van der Waals surface area contributed by atoms with Crippen LogP contribution in [-0.4, -0.2) is 14.5 Å². The maximum absolute atomic E-state index is 6.02. The van der Waals surface area contributed by atoms with Gasteiger partial charge in [0.15, 0.2) is 5.65 Å². The van der Waals surface area contributed by atoms with E-state index in [0.29, 0.717) is 11.9 Å². The van der Waals surface area contributed by atoms with Crippen molar-refractivity contribution in [1.29, 1.82) is 0 Å². The highest BCUT2D eigenvalue weighted by atomic mass is 15.2. The third-order valence-electron chi connectivity index (χ3n) is 3.24. The Morgan fingerprint density at radius 3 is 2.79 bits per heavy atom. The summed E-state index contributed by atoms with van der Waals surface area (Å²) in [6.45, 7) is 4.35. The first-order valence-corrected chi connectivity index (χ1v) is 6.36. The molecule has 3 aromatic rings. The van der Waals surface area contributed by atoms with Crippen LogP contribution in [0.4, 0.5) is 5.95 Å². The van der Waals surface area contributed by atoms with E-state index < -0.39 is 0 Å². The topological polar surface area (TPSA) is 56.7 Å². The van der Waals surface area contributed by atoms with E-state index in [4.69, 9.17) is 5.73 Å². The van der Waals surface area contributed by atoms with E-state index in [0.717, 1.165) is 16.9 Å². The molecule has 4 heteroatoms. The zero-order valence-corrected chi connectivity index (χ0v) is 11.0. The Kier molecular flexibility index (Phi) is 2.71. The highest BCUT2D eigenvalue weighted by Gasteiger charge is 2.11. The van der Waals surface area contributed by atoms with E-state index >= 15 is 0 Å². The molecule has 1 aromatic carbocycles. The van der Waals surface area contributed by atoms with Crippen molar-refractivity contribution in [2.45, 2.75) is 19.8 Å². The molecule has 3 rings (SSSR count). The van der Waals surface area contributed by atoms with Gasteiger partial charge in [0.25, 0.3) is 0 Å². The van der Waals surface area contributed by atoms with Crippen LogP contribution in [0.2, 0.25) is 0 Å². The van der Waals surface area contributed by atoms with E-state index in [1.54, 1.807) is 6.20 Å². The van der Waals surface area contributed by atoms with Gasteiger partial charge in [0, 0.05) is 6.20 Å². The Bertz CT molecular complexity index is 728. The van der Waals surface area contributed by atoms with E-state index in [9.17, 15) is 0 Å². The third kappa shape index (κ3) is 1.95. The lowest BCUT2D eigenvalue weighted by molar-refractivity contribution is 0.863. The van der Waals surface area contributed by atoms with Crippen LogP contribution < -0.4 is 5.73 Å². The van der Waals surface area contributed by atoms with Gasteiger partial charge < -0.3 is 5.73 Å². The number of benzene rings is 1. The van der Waals surface area contributed by atoms with Crippen molar-refractivity contribution in [3.63, 3.8) is 0 Å². The molecule has 0 aliphatic rings. The molecule has 0 aliphatic carbocycles. The fraction of sp³-hybridized carbons (Fsp3) is 0.200. The molecule has 0 fully saturated rings. The maximum Gasteiger partial charge on any atom is 0.207 e. The van der Waals surface area contributed by atoms with Crippen LogP contribution in [0.15, 0.2) is 42.6 Å². The van der Waals surface area contributed by atoms with Crippen LogP contribution in [0, 0.1) is 0 Å². The van der Waals surface area contributed by atoms with E-state index in [1.165, 1.54) is 5.56 Å². The number of nitrogen functional groups attached to an aromatic ring is 1. The predicted molar refractivity (Wildman–Crippen MR) is 77.4 cm³/mol. The number of hydrogen-bond acceptors (Lipinski definition) is 3. The monoisotopic (exact) mass is 252 g/mol. The molecular weight excluding hydrogens is 236 g/mol. The van der Waals surface area contributed by atoms with Crippen molar-refractivity contribution in [1.82, 2.24) is 14.5 Å². The molecule has 2 aromatic heterocycles. The molecule has 0 saturated heterocycles. The van der Waals surface area contributed by atoms with E-state index in [-0.39, 0.29) is 0 Å². The summed E-state index contributed by atoms with van der Waals surface area (Å²) < 4.78 is 1.89. The van der Waals surface area contributed by atoms with Gasteiger partial charge >= 0.3 is 0 Å². The summed E-state index contributed by atoms with van der Waals surface area (Å²) in [7, 11) is 0. The number of pyridine rings is 1. The van der Waals surface area contributed by atoms with Gasteiger partial charge in [-0.3, -0.25) is 4.57 Å². The van der Waals surface area contributed by atoms with Crippen molar-refractivity contribution in [2.75, 3.05) is 5.73 Å². The van der Waals surface area contributed by atoms with Crippen molar-refractivity contribution < 1.29 is 0 Å². The molecular formula is C15H16N4. The first kappa shape index (κ1) is 11.7. The number of rotatable bonds is 2. The normalized spacial score (nSPS) is 11.3. The first-order valence-electron chi connectivity index (χ1n) is 6.36. The summed E-state index contributed by atoms with van der Waals surface area (Å²) in [6, 6.07) is 12.1. The van der Waals surface area contributed by atoms with Crippen LogP contribution in [0.3, 0.4) is 0 Å². The van der Waals surface area contributed by atoms with Gasteiger partial charge in [0.05, 0.1) is 5.69 Å². The Balaban J connectivity index is 2.24. The first-order chi connectivity index (χ1) is 9.16. The summed E-state index contributed by atoms with van der Waals surface area (Å²) >= 11 is 0.